The minimum absolute atomic E-state index is 0. The van der Waals surface area contributed by atoms with E-state index in [2.05, 4.69) is 45.2 Å². The molecule has 0 radical (unpaired) electrons. The van der Waals surface area contributed by atoms with Gasteiger partial charge in [-0.15, -0.1) is 12.4 Å². The molecule has 0 aliphatic rings. The standard InChI is InChI=1S/C12H10BrN.ClH/c13-9-10-4-6-11(7-5-10)12-3-1-2-8-14-12;/h1-8H,9H2;1H. The molecule has 0 unspecified atom stereocenters. The summed E-state index contributed by atoms with van der Waals surface area (Å²) >= 11 is 3.42. The van der Waals surface area contributed by atoms with Gasteiger partial charge in [-0.05, 0) is 17.7 Å². The van der Waals surface area contributed by atoms with E-state index in [1.54, 1.807) is 0 Å². The van der Waals surface area contributed by atoms with Crippen molar-refractivity contribution in [2.45, 2.75) is 5.33 Å². The van der Waals surface area contributed by atoms with E-state index in [-0.39, 0.29) is 12.4 Å². The lowest BCUT2D eigenvalue weighted by Crippen LogP contribution is -1.82. The minimum Gasteiger partial charge on any atom is -0.256 e. The van der Waals surface area contributed by atoms with Crippen molar-refractivity contribution >= 4 is 28.3 Å². The van der Waals surface area contributed by atoms with Gasteiger partial charge in [0.05, 0.1) is 5.69 Å². The molecule has 1 heterocycles. The topological polar surface area (TPSA) is 12.9 Å². The van der Waals surface area contributed by atoms with Crippen molar-refractivity contribution in [3.8, 4) is 11.3 Å². The zero-order valence-corrected chi connectivity index (χ0v) is 10.5. The maximum Gasteiger partial charge on any atom is 0.0701 e. The lowest BCUT2D eigenvalue weighted by molar-refractivity contribution is 1.32. The van der Waals surface area contributed by atoms with E-state index in [0.29, 0.717) is 0 Å². The van der Waals surface area contributed by atoms with Crippen molar-refractivity contribution in [1.82, 2.24) is 4.98 Å². The van der Waals surface area contributed by atoms with E-state index >= 15 is 0 Å². The van der Waals surface area contributed by atoms with Gasteiger partial charge in [-0.25, -0.2) is 0 Å². The number of aromatic nitrogens is 1. The normalized spacial score (nSPS) is 9.40. The number of alkyl halides is 1. The summed E-state index contributed by atoms with van der Waals surface area (Å²) in [6.07, 6.45) is 1.81. The Morgan fingerprint density at radius 2 is 1.73 bits per heavy atom. The molecule has 1 nitrogen and oxygen atoms in total. The Balaban J connectivity index is 0.00000112. The minimum atomic E-state index is 0. The molecule has 0 aliphatic heterocycles. The van der Waals surface area contributed by atoms with E-state index in [9.17, 15) is 0 Å². The van der Waals surface area contributed by atoms with Gasteiger partial charge in [-0.2, -0.15) is 0 Å². The second-order valence-corrected chi connectivity index (χ2v) is 3.61. The zero-order chi connectivity index (χ0) is 9.80. The molecule has 1 aromatic carbocycles. The van der Waals surface area contributed by atoms with Gasteiger partial charge in [0, 0.05) is 17.1 Å². The first-order valence-electron chi connectivity index (χ1n) is 4.46. The largest absolute Gasteiger partial charge is 0.256 e. The first-order chi connectivity index (χ1) is 6.90. The van der Waals surface area contributed by atoms with Crippen molar-refractivity contribution in [3.05, 3.63) is 54.2 Å². The molecule has 2 aromatic rings. The second kappa shape index (κ2) is 5.89. The van der Waals surface area contributed by atoms with Gasteiger partial charge in [0.25, 0.3) is 0 Å². The number of pyridine rings is 1. The number of rotatable bonds is 2. The molecule has 0 fully saturated rings. The van der Waals surface area contributed by atoms with E-state index in [0.717, 1.165) is 16.6 Å². The van der Waals surface area contributed by atoms with Crippen LogP contribution in [0.2, 0.25) is 0 Å². The van der Waals surface area contributed by atoms with Gasteiger partial charge >= 0.3 is 0 Å². The molecule has 0 saturated carbocycles. The Bertz CT molecular complexity index is 400. The molecule has 78 valence electrons. The number of hydrogen-bond acceptors (Lipinski definition) is 1. The lowest BCUT2D eigenvalue weighted by atomic mass is 10.1. The van der Waals surface area contributed by atoms with Crippen molar-refractivity contribution in [3.63, 3.8) is 0 Å². The molecule has 3 heteroatoms. The van der Waals surface area contributed by atoms with Crippen molar-refractivity contribution in [1.29, 1.82) is 0 Å². The first kappa shape index (κ1) is 12.2. The molecular formula is C12H11BrClN. The highest BCUT2D eigenvalue weighted by molar-refractivity contribution is 9.08. The molecule has 2 rings (SSSR count). The van der Waals surface area contributed by atoms with Crippen LogP contribution in [0.5, 0.6) is 0 Å². The molecule has 0 atom stereocenters. The zero-order valence-electron chi connectivity index (χ0n) is 8.06. The van der Waals surface area contributed by atoms with Gasteiger partial charge in [-0.1, -0.05) is 46.3 Å². The number of hydrogen-bond donors (Lipinski definition) is 0. The van der Waals surface area contributed by atoms with E-state index in [1.807, 2.05) is 24.4 Å². The van der Waals surface area contributed by atoms with Crippen LogP contribution in [-0.4, -0.2) is 4.98 Å². The molecule has 0 bridgehead atoms. The fraction of sp³-hybridized carbons (Fsp3) is 0.0833. The van der Waals surface area contributed by atoms with Gasteiger partial charge in [0.2, 0.25) is 0 Å². The van der Waals surface area contributed by atoms with Crippen molar-refractivity contribution < 1.29 is 0 Å². The summed E-state index contributed by atoms with van der Waals surface area (Å²) in [5.41, 5.74) is 3.47. The van der Waals surface area contributed by atoms with Crippen LogP contribution in [0.1, 0.15) is 5.56 Å². The smallest absolute Gasteiger partial charge is 0.0701 e. The quantitative estimate of drug-likeness (QED) is 0.758. The highest BCUT2D eigenvalue weighted by Gasteiger charge is 1.96. The van der Waals surface area contributed by atoms with Crippen LogP contribution in [0.15, 0.2) is 48.7 Å². The van der Waals surface area contributed by atoms with Gasteiger partial charge in [0.1, 0.15) is 0 Å². The average Bonchev–Trinajstić information content (AvgIpc) is 2.30. The highest BCUT2D eigenvalue weighted by atomic mass is 79.9. The summed E-state index contributed by atoms with van der Waals surface area (Å²) in [6.45, 7) is 0. The predicted octanol–water partition coefficient (Wildman–Crippen LogP) is 4.07. The Hall–Kier alpha value is -0.860. The lowest BCUT2D eigenvalue weighted by Gasteiger charge is -2.00. The third-order valence-electron chi connectivity index (χ3n) is 2.07. The number of halogens is 2. The van der Waals surface area contributed by atoms with Crippen molar-refractivity contribution in [2.75, 3.05) is 0 Å². The summed E-state index contributed by atoms with van der Waals surface area (Å²) in [4.78, 5) is 4.29. The maximum atomic E-state index is 4.29. The van der Waals surface area contributed by atoms with Crippen LogP contribution in [0.25, 0.3) is 11.3 Å². The summed E-state index contributed by atoms with van der Waals surface area (Å²) in [5.74, 6) is 0. The summed E-state index contributed by atoms with van der Waals surface area (Å²) in [7, 11) is 0. The first-order valence-corrected chi connectivity index (χ1v) is 5.58. The van der Waals surface area contributed by atoms with Gasteiger partial charge in [0.15, 0.2) is 0 Å². The Labute approximate surface area is 104 Å². The highest BCUT2D eigenvalue weighted by Crippen LogP contribution is 2.17. The molecular weight excluding hydrogens is 273 g/mol. The third kappa shape index (κ3) is 3.05. The summed E-state index contributed by atoms with van der Waals surface area (Å²) in [5, 5.41) is 0.898. The van der Waals surface area contributed by atoms with Crippen molar-refractivity contribution in [2.24, 2.45) is 0 Å². The summed E-state index contributed by atoms with van der Waals surface area (Å²) in [6, 6.07) is 14.4. The molecule has 0 N–H and O–H groups in total. The Morgan fingerprint density at radius 3 is 2.27 bits per heavy atom. The van der Waals surface area contributed by atoms with Crippen LogP contribution in [-0.2, 0) is 5.33 Å². The monoisotopic (exact) mass is 283 g/mol. The Kier molecular flexibility index (Phi) is 4.79. The van der Waals surface area contributed by atoms with Crippen LogP contribution < -0.4 is 0 Å². The molecule has 15 heavy (non-hydrogen) atoms. The fourth-order valence-electron chi connectivity index (χ4n) is 1.30. The number of benzene rings is 1. The van der Waals surface area contributed by atoms with Crippen LogP contribution in [0.4, 0.5) is 0 Å². The predicted molar refractivity (Wildman–Crippen MR) is 69.6 cm³/mol. The fourth-order valence-corrected chi connectivity index (χ4v) is 1.67. The van der Waals surface area contributed by atoms with Crippen LogP contribution >= 0.6 is 28.3 Å². The SMILES string of the molecule is BrCc1ccc(-c2ccccn2)cc1.Cl. The molecule has 0 amide bonds. The van der Waals surface area contributed by atoms with Gasteiger partial charge < -0.3 is 0 Å². The van der Waals surface area contributed by atoms with Crippen LogP contribution in [0.3, 0.4) is 0 Å². The van der Waals surface area contributed by atoms with E-state index in [4.69, 9.17) is 0 Å². The molecule has 0 spiro atoms. The second-order valence-electron chi connectivity index (χ2n) is 3.05. The third-order valence-corrected chi connectivity index (χ3v) is 2.72. The van der Waals surface area contributed by atoms with E-state index < -0.39 is 0 Å². The molecule has 1 aromatic heterocycles. The maximum absolute atomic E-state index is 4.29. The number of nitrogens with zero attached hydrogens (tertiary/aromatic N) is 1. The van der Waals surface area contributed by atoms with E-state index in [1.165, 1.54) is 5.56 Å². The van der Waals surface area contributed by atoms with Gasteiger partial charge in [-0.3, -0.25) is 4.98 Å². The summed E-state index contributed by atoms with van der Waals surface area (Å²) < 4.78 is 0. The molecule has 0 saturated heterocycles. The average molecular weight is 285 g/mol. The van der Waals surface area contributed by atoms with Crippen LogP contribution in [0, 0.1) is 0 Å². The Morgan fingerprint density at radius 1 is 1.00 bits per heavy atom. The molecule has 0 aliphatic carbocycles.